The molecule has 7 nitrogen and oxygen atoms in total. The van der Waals surface area contributed by atoms with Gasteiger partial charge >= 0.3 is 17.9 Å². The lowest BCUT2D eigenvalue weighted by molar-refractivity contribution is -0.149. The average Bonchev–Trinajstić information content (AvgIpc) is 2.58. The summed E-state index contributed by atoms with van der Waals surface area (Å²) in [4.78, 5) is 35.5. The summed E-state index contributed by atoms with van der Waals surface area (Å²) in [5, 5.41) is 0. The molecule has 0 saturated heterocycles. The average molecular weight is 341 g/mol. The smallest absolute Gasteiger partial charge is 0.339 e. The summed E-state index contributed by atoms with van der Waals surface area (Å²) in [7, 11) is 2.46. The van der Waals surface area contributed by atoms with Gasteiger partial charge in [0.25, 0.3) is 0 Å². The number of hydrogen-bond donors (Lipinski definition) is 1. The number of ether oxygens (including phenoxy) is 3. The van der Waals surface area contributed by atoms with Gasteiger partial charge in [0.05, 0.1) is 32.8 Å². The molecule has 1 aromatic carbocycles. The molecule has 1 rings (SSSR count). The Labute approximate surface area is 138 Å². The van der Waals surface area contributed by atoms with Crippen molar-refractivity contribution in [2.75, 3.05) is 20.8 Å². The molecule has 0 bridgehead atoms. The van der Waals surface area contributed by atoms with Crippen LogP contribution in [-0.2, 0) is 23.8 Å². The van der Waals surface area contributed by atoms with Gasteiger partial charge in [-0.1, -0.05) is 12.1 Å². The molecule has 23 heavy (non-hydrogen) atoms. The Hall–Kier alpha value is -2.06. The second-order valence-corrected chi connectivity index (χ2v) is 5.17. The maximum absolute atomic E-state index is 11.9. The summed E-state index contributed by atoms with van der Waals surface area (Å²) in [6, 6.07) is 5.89. The Kier molecular flexibility index (Phi) is 8.14. The zero-order valence-corrected chi connectivity index (χ0v) is 14.0. The molecule has 0 aliphatic heterocycles. The van der Waals surface area contributed by atoms with Crippen molar-refractivity contribution in [2.45, 2.75) is 24.3 Å². The van der Waals surface area contributed by atoms with E-state index in [1.54, 1.807) is 31.2 Å². The van der Waals surface area contributed by atoms with Crippen LogP contribution in [0.1, 0.15) is 23.7 Å². The van der Waals surface area contributed by atoms with Crippen LogP contribution in [-0.4, -0.2) is 44.8 Å². The standard InChI is InChI=1S/C15H19NO6S/c1-4-22-14(18)10-7-5-6-8-12(10)23-16-11(15(19)21-3)9-13(17)20-2/h5-8,11,16H,4,9H2,1-3H3/t11-/m0/s1. The lowest BCUT2D eigenvalue weighted by Crippen LogP contribution is -2.36. The molecule has 0 unspecified atom stereocenters. The van der Waals surface area contributed by atoms with Crippen molar-refractivity contribution in [3.05, 3.63) is 29.8 Å². The molecule has 0 radical (unpaired) electrons. The SMILES string of the molecule is CCOC(=O)c1ccccc1SN[C@@H](CC(=O)OC)C(=O)OC. The predicted molar refractivity (Wildman–Crippen MR) is 83.8 cm³/mol. The van der Waals surface area contributed by atoms with Gasteiger partial charge in [0.1, 0.15) is 6.04 Å². The fourth-order valence-electron chi connectivity index (χ4n) is 1.63. The maximum atomic E-state index is 11.9. The molecule has 0 saturated carbocycles. The third kappa shape index (κ3) is 5.91. The van der Waals surface area contributed by atoms with Crippen LogP contribution in [0.25, 0.3) is 0 Å². The normalized spacial score (nSPS) is 11.4. The summed E-state index contributed by atoms with van der Waals surface area (Å²) in [5.41, 5.74) is 0.369. The largest absolute Gasteiger partial charge is 0.469 e. The lowest BCUT2D eigenvalue weighted by Gasteiger charge is -2.15. The van der Waals surface area contributed by atoms with E-state index in [4.69, 9.17) is 4.74 Å². The molecule has 0 fully saturated rings. The summed E-state index contributed by atoms with van der Waals surface area (Å²) >= 11 is 1.05. The van der Waals surface area contributed by atoms with E-state index in [0.29, 0.717) is 10.5 Å². The van der Waals surface area contributed by atoms with E-state index in [2.05, 4.69) is 14.2 Å². The van der Waals surface area contributed by atoms with Gasteiger partial charge in [-0.05, 0) is 31.0 Å². The van der Waals surface area contributed by atoms with E-state index in [-0.39, 0.29) is 13.0 Å². The van der Waals surface area contributed by atoms with Gasteiger partial charge in [-0.2, -0.15) is 0 Å². The van der Waals surface area contributed by atoms with Gasteiger partial charge in [-0.25, -0.2) is 9.52 Å². The Balaban J connectivity index is 2.83. The van der Waals surface area contributed by atoms with Crippen LogP contribution < -0.4 is 4.72 Å². The monoisotopic (exact) mass is 341 g/mol. The fraction of sp³-hybridized carbons (Fsp3) is 0.400. The van der Waals surface area contributed by atoms with Gasteiger partial charge in [0.15, 0.2) is 0 Å². The third-order valence-electron chi connectivity index (χ3n) is 2.78. The van der Waals surface area contributed by atoms with Crippen molar-refractivity contribution in [2.24, 2.45) is 0 Å². The molecule has 8 heteroatoms. The minimum atomic E-state index is -0.896. The Bertz CT molecular complexity index is 563. The van der Waals surface area contributed by atoms with Crippen molar-refractivity contribution in [3.8, 4) is 0 Å². The van der Waals surface area contributed by atoms with Crippen LogP contribution in [0.3, 0.4) is 0 Å². The number of nitrogens with one attached hydrogen (secondary N) is 1. The van der Waals surface area contributed by atoms with E-state index in [1.165, 1.54) is 14.2 Å². The number of carbonyl (C=O) groups excluding carboxylic acids is 3. The van der Waals surface area contributed by atoms with E-state index < -0.39 is 23.9 Å². The van der Waals surface area contributed by atoms with E-state index in [0.717, 1.165) is 11.9 Å². The molecule has 0 aliphatic rings. The zero-order valence-electron chi connectivity index (χ0n) is 13.2. The Morgan fingerprint density at radius 3 is 2.48 bits per heavy atom. The van der Waals surface area contributed by atoms with Crippen molar-refractivity contribution < 1.29 is 28.6 Å². The fourth-order valence-corrected chi connectivity index (χ4v) is 2.49. The second kappa shape index (κ2) is 9.86. The van der Waals surface area contributed by atoms with Crippen LogP contribution >= 0.6 is 11.9 Å². The minimum Gasteiger partial charge on any atom is -0.469 e. The van der Waals surface area contributed by atoms with Crippen LogP contribution in [0.15, 0.2) is 29.2 Å². The minimum absolute atomic E-state index is 0.183. The highest BCUT2D eigenvalue weighted by atomic mass is 32.2. The summed E-state index contributed by atoms with van der Waals surface area (Å²) < 4.78 is 17.0. The first kappa shape index (κ1) is 19.0. The number of carbonyl (C=O) groups is 3. The van der Waals surface area contributed by atoms with Gasteiger partial charge in [-0.3, -0.25) is 9.59 Å². The molecule has 1 aromatic rings. The van der Waals surface area contributed by atoms with Crippen LogP contribution in [0, 0.1) is 0 Å². The van der Waals surface area contributed by atoms with Crippen LogP contribution in [0.2, 0.25) is 0 Å². The van der Waals surface area contributed by atoms with Crippen molar-refractivity contribution in [1.82, 2.24) is 4.72 Å². The summed E-state index contributed by atoms with van der Waals surface area (Å²) in [5.74, 6) is -1.61. The highest BCUT2D eigenvalue weighted by molar-refractivity contribution is 7.97. The topological polar surface area (TPSA) is 90.9 Å². The van der Waals surface area contributed by atoms with Crippen molar-refractivity contribution in [3.63, 3.8) is 0 Å². The Morgan fingerprint density at radius 1 is 1.17 bits per heavy atom. The first-order chi connectivity index (χ1) is 11.0. The molecule has 0 aliphatic carbocycles. The van der Waals surface area contributed by atoms with Gasteiger partial charge in [0.2, 0.25) is 0 Å². The highest BCUT2D eigenvalue weighted by Crippen LogP contribution is 2.22. The molecule has 0 amide bonds. The van der Waals surface area contributed by atoms with Crippen LogP contribution in [0.5, 0.6) is 0 Å². The maximum Gasteiger partial charge on any atom is 0.339 e. The van der Waals surface area contributed by atoms with E-state index in [1.807, 2.05) is 0 Å². The molecule has 0 heterocycles. The third-order valence-corrected chi connectivity index (χ3v) is 3.76. The first-order valence-electron chi connectivity index (χ1n) is 6.86. The van der Waals surface area contributed by atoms with Crippen LogP contribution in [0.4, 0.5) is 0 Å². The molecular formula is C15H19NO6S. The zero-order chi connectivity index (χ0) is 17.2. The number of rotatable bonds is 8. The Morgan fingerprint density at radius 2 is 1.87 bits per heavy atom. The molecule has 0 aromatic heterocycles. The number of methoxy groups -OCH3 is 2. The van der Waals surface area contributed by atoms with Gasteiger partial charge in [-0.15, -0.1) is 0 Å². The number of esters is 3. The molecule has 126 valence electrons. The van der Waals surface area contributed by atoms with E-state index in [9.17, 15) is 14.4 Å². The predicted octanol–water partition coefficient (Wildman–Crippen LogP) is 1.56. The van der Waals surface area contributed by atoms with Gasteiger partial charge in [0, 0.05) is 4.90 Å². The van der Waals surface area contributed by atoms with Crippen molar-refractivity contribution in [1.29, 1.82) is 0 Å². The summed E-state index contributed by atoms with van der Waals surface area (Å²) in [6.07, 6.45) is -0.183. The van der Waals surface area contributed by atoms with Crippen molar-refractivity contribution >= 4 is 29.9 Å². The number of hydrogen-bond acceptors (Lipinski definition) is 8. The van der Waals surface area contributed by atoms with E-state index >= 15 is 0 Å². The molecular weight excluding hydrogens is 322 g/mol. The molecule has 0 spiro atoms. The summed E-state index contributed by atoms with van der Waals surface area (Å²) in [6.45, 7) is 1.98. The quantitative estimate of drug-likeness (QED) is 0.433. The highest BCUT2D eigenvalue weighted by Gasteiger charge is 2.24. The first-order valence-corrected chi connectivity index (χ1v) is 7.68. The second-order valence-electron chi connectivity index (χ2n) is 4.29. The lowest BCUT2D eigenvalue weighted by atomic mass is 10.2. The molecule has 1 N–H and O–H groups in total. The molecule has 1 atom stereocenters. The van der Waals surface area contributed by atoms with Gasteiger partial charge < -0.3 is 14.2 Å². The number of benzene rings is 1.